The van der Waals surface area contributed by atoms with Gasteiger partial charge in [0.1, 0.15) is 0 Å². The topological polar surface area (TPSA) is 90.0 Å². The number of hydrogen-bond acceptors (Lipinski definition) is 3. The molecule has 22 heavy (non-hydrogen) atoms. The molecule has 4 N–H and O–H groups in total. The molecule has 0 spiro atoms. The number of nitrogens with one attached hydrogen (secondary N) is 3. The maximum absolute atomic E-state index is 12.6. The van der Waals surface area contributed by atoms with Crippen molar-refractivity contribution < 1.29 is 18.7 Å². The fourth-order valence-corrected chi connectivity index (χ4v) is 2.39. The molecule has 0 unspecified atom stereocenters. The van der Waals surface area contributed by atoms with Crippen LogP contribution in [0.2, 0.25) is 0 Å². The Kier molecular flexibility index (Phi) is 3.69. The van der Waals surface area contributed by atoms with Gasteiger partial charge in [0.15, 0.2) is 5.82 Å². The first-order valence-corrected chi connectivity index (χ1v) is 7.00. The summed E-state index contributed by atoms with van der Waals surface area (Å²) in [6.45, 7) is 0.195. The molecule has 2 aromatic rings. The molecule has 1 saturated carbocycles. The van der Waals surface area contributed by atoms with Crippen molar-refractivity contribution in [3.8, 4) is 0 Å². The van der Waals surface area contributed by atoms with Crippen LogP contribution in [-0.2, 0) is 0 Å². The summed E-state index contributed by atoms with van der Waals surface area (Å²) >= 11 is 0. The van der Waals surface area contributed by atoms with E-state index in [1.807, 2.05) is 0 Å². The highest BCUT2D eigenvalue weighted by Gasteiger charge is 2.34. The van der Waals surface area contributed by atoms with Crippen molar-refractivity contribution in [2.75, 3.05) is 11.9 Å². The van der Waals surface area contributed by atoms with Crippen molar-refractivity contribution in [3.63, 3.8) is 0 Å². The Labute approximate surface area is 124 Å². The molecule has 0 aliphatic heterocycles. The number of aliphatic hydroxyl groups is 1. The van der Waals surface area contributed by atoms with Gasteiger partial charge in [-0.2, -0.15) is 0 Å². The standard InChI is InChI=1S/C14H16F2N4O2/c15-11(16)12-19-9-3-2-8(6-10(9)20-12)18-13(21)17-7-14(22)4-1-5-14/h2-3,6,11,22H,1,4-5,7H2,(H,19,20)(H2,17,18,21). The van der Waals surface area contributed by atoms with Gasteiger partial charge < -0.3 is 20.7 Å². The fourth-order valence-electron chi connectivity index (χ4n) is 2.39. The summed E-state index contributed by atoms with van der Waals surface area (Å²) in [5, 5.41) is 15.1. The van der Waals surface area contributed by atoms with Crippen LogP contribution in [-0.4, -0.2) is 33.3 Å². The molecule has 118 valence electrons. The number of amides is 2. The predicted molar refractivity (Wildman–Crippen MR) is 76.9 cm³/mol. The molecule has 8 heteroatoms. The molecule has 2 amide bonds. The third-order valence-electron chi connectivity index (χ3n) is 3.83. The van der Waals surface area contributed by atoms with Crippen LogP contribution in [0.15, 0.2) is 18.2 Å². The lowest BCUT2D eigenvalue weighted by molar-refractivity contribution is -0.0287. The normalized spacial score (nSPS) is 16.5. The van der Waals surface area contributed by atoms with Gasteiger partial charge in [0.05, 0.1) is 16.6 Å². The average Bonchev–Trinajstić information content (AvgIpc) is 2.86. The number of aromatic nitrogens is 2. The third kappa shape index (κ3) is 3.01. The van der Waals surface area contributed by atoms with Crippen LogP contribution in [0, 0.1) is 0 Å². The Bertz CT molecular complexity index is 697. The van der Waals surface area contributed by atoms with Crippen molar-refractivity contribution in [1.82, 2.24) is 15.3 Å². The summed E-state index contributed by atoms with van der Waals surface area (Å²) in [6.07, 6.45) is -0.341. The Morgan fingerprint density at radius 2 is 2.23 bits per heavy atom. The molecular weight excluding hydrogens is 294 g/mol. The first-order valence-electron chi connectivity index (χ1n) is 7.00. The number of halogens is 2. The molecule has 1 aliphatic carbocycles. The van der Waals surface area contributed by atoms with Gasteiger partial charge in [0.25, 0.3) is 6.43 Å². The Morgan fingerprint density at radius 3 is 2.86 bits per heavy atom. The summed E-state index contributed by atoms with van der Waals surface area (Å²) in [5.41, 5.74) is 0.488. The quantitative estimate of drug-likeness (QED) is 0.699. The third-order valence-corrected chi connectivity index (χ3v) is 3.83. The van der Waals surface area contributed by atoms with Crippen molar-refractivity contribution in [2.45, 2.75) is 31.3 Å². The Hall–Kier alpha value is -2.22. The number of carbonyl (C=O) groups is 1. The Balaban J connectivity index is 1.64. The number of alkyl halides is 2. The summed E-state index contributed by atoms with van der Waals surface area (Å²) in [4.78, 5) is 18.0. The lowest BCUT2D eigenvalue weighted by Gasteiger charge is -2.36. The van der Waals surface area contributed by atoms with Crippen LogP contribution in [0.4, 0.5) is 19.3 Å². The maximum atomic E-state index is 12.6. The van der Waals surface area contributed by atoms with E-state index in [1.54, 1.807) is 12.1 Å². The van der Waals surface area contributed by atoms with E-state index in [9.17, 15) is 18.7 Å². The second kappa shape index (κ2) is 5.53. The molecule has 1 aliphatic rings. The van der Waals surface area contributed by atoms with E-state index in [2.05, 4.69) is 20.6 Å². The van der Waals surface area contributed by atoms with Crippen molar-refractivity contribution in [2.24, 2.45) is 0 Å². The molecular formula is C14H16F2N4O2. The second-order valence-corrected chi connectivity index (χ2v) is 5.54. The van der Waals surface area contributed by atoms with Gasteiger partial charge in [0, 0.05) is 12.2 Å². The number of aromatic amines is 1. The van der Waals surface area contributed by atoms with E-state index in [-0.39, 0.29) is 6.54 Å². The van der Waals surface area contributed by atoms with Crippen molar-refractivity contribution in [1.29, 1.82) is 0 Å². The largest absolute Gasteiger partial charge is 0.388 e. The SMILES string of the molecule is O=C(NCC1(O)CCC1)Nc1ccc2nc(C(F)F)[nH]c2c1. The number of anilines is 1. The summed E-state index contributed by atoms with van der Waals surface area (Å²) in [5.74, 6) is -0.399. The van der Waals surface area contributed by atoms with E-state index in [0.29, 0.717) is 29.6 Å². The number of rotatable bonds is 4. The molecule has 0 bridgehead atoms. The molecule has 0 radical (unpaired) electrons. The lowest BCUT2D eigenvalue weighted by Crippen LogP contribution is -2.48. The van der Waals surface area contributed by atoms with E-state index in [0.717, 1.165) is 6.42 Å². The minimum atomic E-state index is -2.67. The zero-order valence-corrected chi connectivity index (χ0v) is 11.7. The highest BCUT2D eigenvalue weighted by molar-refractivity contribution is 5.91. The summed E-state index contributed by atoms with van der Waals surface area (Å²) in [7, 11) is 0. The summed E-state index contributed by atoms with van der Waals surface area (Å²) < 4.78 is 25.1. The monoisotopic (exact) mass is 310 g/mol. The maximum Gasteiger partial charge on any atom is 0.319 e. The van der Waals surface area contributed by atoms with Gasteiger partial charge in [-0.3, -0.25) is 0 Å². The van der Waals surface area contributed by atoms with Crippen LogP contribution in [0.3, 0.4) is 0 Å². The van der Waals surface area contributed by atoms with E-state index >= 15 is 0 Å². The van der Waals surface area contributed by atoms with Crippen LogP contribution in [0.5, 0.6) is 0 Å². The van der Waals surface area contributed by atoms with Crippen molar-refractivity contribution in [3.05, 3.63) is 24.0 Å². The zero-order chi connectivity index (χ0) is 15.7. The van der Waals surface area contributed by atoms with Crippen LogP contribution in [0.25, 0.3) is 11.0 Å². The molecule has 0 atom stereocenters. The first kappa shape index (κ1) is 14.7. The first-order chi connectivity index (χ1) is 10.5. The van der Waals surface area contributed by atoms with Gasteiger partial charge in [-0.25, -0.2) is 18.6 Å². The molecule has 1 aromatic carbocycles. The molecule has 1 fully saturated rings. The molecule has 6 nitrogen and oxygen atoms in total. The number of H-pyrrole nitrogens is 1. The predicted octanol–water partition coefficient (Wildman–Crippen LogP) is 2.54. The molecule has 1 heterocycles. The van der Waals surface area contributed by atoms with Gasteiger partial charge in [0.2, 0.25) is 0 Å². The lowest BCUT2D eigenvalue weighted by atomic mass is 9.80. The second-order valence-electron chi connectivity index (χ2n) is 5.54. The van der Waals surface area contributed by atoms with Gasteiger partial charge in [-0.05, 0) is 37.5 Å². The van der Waals surface area contributed by atoms with E-state index in [1.165, 1.54) is 6.07 Å². The van der Waals surface area contributed by atoms with Gasteiger partial charge in [-0.1, -0.05) is 0 Å². The average molecular weight is 310 g/mol. The van der Waals surface area contributed by atoms with Gasteiger partial charge in [-0.15, -0.1) is 0 Å². The number of nitrogens with zero attached hydrogens (tertiary/aromatic N) is 1. The fraction of sp³-hybridized carbons (Fsp3) is 0.429. The van der Waals surface area contributed by atoms with Crippen LogP contribution < -0.4 is 10.6 Å². The summed E-state index contributed by atoms with van der Waals surface area (Å²) in [6, 6.07) is 4.21. The van der Waals surface area contributed by atoms with Crippen LogP contribution in [0.1, 0.15) is 31.5 Å². The number of benzene rings is 1. The zero-order valence-electron chi connectivity index (χ0n) is 11.7. The highest BCUT2D eigenvalue weighted by atomic mass is 19.3. The molecule has 1 aromatic heterocycles. The number of imidazole rings is 1. The Morgan fingerprint density at radius 1 is 1.45 bits per heavy atom. The number of hydrogen-bond donors (Lipinski definition) is 4. The molecule has 3 rings (SSSR count). The molecule has 0 saturated heterocycles. The van der Waals surface area contributed by atoms with Crippen LogP contribution >= 0.6 is 0 Å². The minimum absolute atomic E-state index is 0.195. The number of urea groups is 1. The number of fused-ring (bicyclic) bond motifs is 1. The van der Waals surface area contributed by atoms with Crippen molar-refractivity contribution >= 4 is 22.8 Å². The highest BCUT2D eigenvalue weighted by Crippen LogP contribution is 2.30. The van der Waals surface area contributed by atoms with E-state index < -0.39 is 23.9 Å². The minimum Gasteiger partial charge on any atom is -0.388 e. The van der Waals surface area contributed by atoms with E-state index in [4.69, 9.17) is 0 Å². The smallest absolute Gasteiger partial charge is 0.319 e. The number of carbonyl (C=O) groups excluding carboxylic acids is 1. The van der Waals surface area contributed by atoms with Gasteiger partial charge >= 0.3 is 6.03 Å².